The van der Waals surface area contributed by atoms with Gasteiger partial charge in [-0.2, -0.15) is 5.10 Å². The molecule has 96 valence electrons. The number of nitrogens with zero attached hydrogens (tertiary/aromatic N) is 2. The Bertz CT molecular complexity index is 606. The summed E-state index contributed by atoms with van der Waals surface area (Å²) in [6.07, 6.45) is 1.90. The molecule has 0 saturated heterocycles. The van der Waals surface area contributed by atoms with Crippen molar-refractivity contribution in [2.75, 3.05) is 7.11 Å². The smallest absolute Gasteiger partial charge is 0.199 e. The van der Waals surface area contributed by atoms with Crippen LogP contribution in [0.25, 0.3) is 5.69 Å². The number of aromatic nitrogens is 3. The topological polar surface area (TPSA) is 42.8 Å². The molecule has 1 aromatic carbocycles. The largest absolute Gasteiger partial charge is 0.495 e. The summed E-state index contributed by atoms with van der Waals surface area (Å²) in [5, 5.41) is 7.09. The number of methoxy groups -OCH3 is 1. The van der Waals surface area contributed by atoms with E-state index in [1.54, 1.807) is 7.11 Å². The highest BCUT2D eigenvalue weighted by Crippen LogP contribution is 2.27. The van der Waals surface area contributed by atoms with Crippen molar-refractivity contribution < 1.29 is 4.74 Å². The molecule has 0 unspecified atom stereocenters. The van der Waals surface area contributed by atoms with E-state index in [2.05, 4.69) is 33.1 Å². The predicted molar refractivity (Wildman–Crippen MR) is 77.0 cm³/mol. The van der Waals surface area contributed by atoms with Crippen LogP contribution >= 0.6 is 28.1 Å². The van der Waals surface area contributed by atoms with Crippen molar-refractivity contribution in [3.63, 3.8) is 0 Å². The number of ether oxygens (including phenoxy) is 1. The number of benzene rings is 1. The molecule has 0 aliphatic heterocycles. The van der Waals surface area contributed by atoms with E-state index >= 15 is 0 Å². The molecule has 4 nitrogen and oxygen atoms in total. The van der Waals surface area contributed by atoms with E-state index in [9.17, 15) is 0 Å². The van der Waals surface area contributed by atoms with Gasteiger partial charge in [-0.1, -0.05) is 6.92 Å². The van der Waals surface area contributed by atoms with Crippen molar-refractivity contribution in [1.29, 1.82) is 0 Å². The van der Waals surface area contributed by atoms with Gasteiger partial charge in [-0.15, -0.1) is 0 Å². The average Bonchev–Trinajstić information content (AvgIpc) is 2.72. The molecular formula is C12H14BrN3OS. The van der Waals surface area contributed by atoms with Gasteiger partial charge >= 0.3 is 0 Å². The molecule has 1 N–H and O–H groups in total. The fraction of sp³-hybridized carbons (Fsp3) is 0.333. The standard InChI is InChI=1S/C12H14BrN3OS/c1-3-4-11-14-15-12(18)16(11)8-5-6-9(13)10(7-8)17-2/h5-7H,3-4H2,1-2H3,(H,15,18). The minimum absolute atomic E-state index is 0.600. The molecule has 0 bridgehead atoms. The van der Waals surface area contributed by atoms with Gasteiger partial charge in [0.1, 0.15) is 11.6 Å². The van der Waals surface area contributed by atoms with E-state index in [0.29, 0.717) is 4.77 Å². The van der Waals surface area contributed by atoms with Gasteiger partial charge in [-0.3, -0.25) is 9.67 Å². The van der Waals surface area contributed by atoms with Crippen LogP contribution in [0, 0.1) is 4.77 Å². The van der Waals surface area contributed by atoms with E-state index < -0.39 is 0 Å². The van der Waals surface area contributed by atoms with Gasteiger partial charge in [0.15, 0.2) is 4.77 Å². The van der Waals surface area contributed by atoms with Crippen LogP contribution in [0.4, 0.5) is 0 Å². The van der Waals surface area contributed by atoms with Crippen LogP contribution in [0.3, 0.4) is 0 Å². The van der Waals surface area contributed by atoms with Gasteiger partial charge in [0.2, 0.25) is 0 Å². The number of rotatable bonds is 4. The number of H-pyrrole nitrogens is 1. The number of halogens is 1. The first kappa shape index (κ1) is 13.3. The molecule has 1 aromatic heterocycles. The van der Waals surface area contributed by atoms with Crippen LogP contribution < -0.4 is 4.74 Å². The number of hydrogen-bond acceptors (Lipinski definition) is 3. The monoisotopic (exact) mass is 327 g/mol. The van der Waals surface area contributed by atoms with Gasteiger partial charge in [-0.25, -0.2) is 0 Å². The predicted octanol–water partition coefficient (Wildman–Crippen LogP) is 3.65. The minimum atomic E-state index is 0.600. The Balaban J connectivity index is 2.54. The fourth-order valence-electron chi connectivity index (χ4n) is 1.77. The maximum absolute atomic E-state index is 5.30. The molecule has 0 amide bonds. The zero-order valence-electron chi connectivity index (χ0n) is 10.2. The molecule has 0 aliphatic carbocycles. The van der Waals surface area contributed by atoms with E-state index in [-0.39, 0.29) is 0 Å². The first-order valence-electron chi connectivity index (χ1n) is 5.67. The summed E-state index contributed by atoms with van der Waals surface area (Å²) in [5.41, 5.74) is 0.956. The summed E-state index contributed by atoms with van der Waals surface area (Å²) in [4.78, 5) is 0. The molecule has 0 radical (unpaired) electrons. The molecule has 0 spiro atoms. The fourth-order valence-corrected chi connectivity index (χ4v) is 2.44. The molecular weight excluding hydrogens is 314 g/mol. The highest BCUT2D eigenvalue weighted by atomic mass is 79.9. The van der Waals surface area contributed by atoms with Gasteiger partial charge < -0.3 is 4.74 Å². The van der Waals surface area contributed by atoms with Crippen molar-refractivity contribution in [3.8, 4) is 11.4 Å². The van der Waals surface area contributed by atoms with Crippen molar-refractivity contribution in [3.05, 3.63) is 33.3 Å². The molecule has 2 aromatic rings. The van der Waals surface area contributed by atoms with Crippen LogP contribution in [0.5, 0.6) is 5.75 Å². The van der Waals surface area contributed by atoms with Crippen LogP contribution in [0.2, 0.25) is 0 Å². The lowest BCUT2D eigenvalue weighted by Gasteiger charge is -2.09. The first-order valence-corrected chi connectivity index (χ1v) is 6.87. The third kappa shape index (κ3) is 2.49. The average molecular weight is 328 g/mol. The lowest BCUT2D eigenvalue weighted by atomic mass is 10.2. The molecule has 0 saturated carbocycles. The van der Waals surface area contributed by atoms with Gasteiger partial charge in [0, 0.05) is 12.5 Å². The lowest BCUT2D eigenvalue weighted by molar-refractivity contribution is 0.412. The molecule has 0 fully saturated rings. The van der Waals surface area contributed by atoms with Crippen molar-refractivity contribution in [2.24, 2.45) is 0 Å². The SMILES string of the molecule is CCCc1n[nH]c(=S)n1-c1ccc(Br)c(OC)c1. The molecule has 0 aliphatic rings. The zero-order valence-corrected chi connectivity index (χ0v) is 12.6. The summed E-state index contributed by atoms with van der Waals surface area (Å²) >= 11 is 8.71. The highest BCUT2D eigenvalue weighted by molar-refractivity contribution is 9.10. The Morgan fingerprint density at radius 2 is 2.28 bits per heavy atom. The summed E-state index contributed by atoms with van der Waals surface area (Å²) in [7, 11) is 1.64. The van der Waals surface area contributed by atoms with E-state index in [4.69, 9.17) is 17.0 Å². The molecule has 6 heteroatoms. The summed E-state index contributed by atoms with van der Waals surface area (Å²) in [6.45, 7) is 2.12. The number of aromatic amines is 1. The Morgan fingerprint density at radius 3 is 2.94 bits per heavy atom. The molecule has 1 heterocycles. The maximum atomic E-state index is 5.30. The van der Waals surface area contributed by atoms with Gasteiger partial charge in [0.25, 0.3) is 0 Å². The Kier molecular flexibility index (Phi) is 4.19. The maximum Gasteiger partial charge on any atom is 0.199 e. The number of hydrogen-bond donors (Lipinski definition) is 1. The molecule has 0 atom stereocenters. The lowest BCUT2D eigenvalue weighted by Crippen LogP contribution is -2.01. The van der Waals surface area contributed by atoms with Crippen LogP contribution in [-0.4, -0.2) is 21.9 Å². The second kappa shape index (κ2) is 5.67. The number of nitrogens with one attached hydrogen (secondary N) is 1. The van der Waals surface area contributed by atoms with Crippen LogP contribution in [0.1, 0.15) is 19.2 Å². The highest BCUT2D eigenvalue weighted by Gasteiger charge is 2.09. The van der Waals surface area contributed by atoms with Crippen LogP contribution in [0.15, 0.2) is 22.7 Å². The first-order chi connectivity index (χ1) is 8.67. The van der Waals surface area contributed by atoms with E-state index in [1.165, 1.54) is 0 Å². The Hall–Kier alpha value is -1.14. The summed E-state index contributed by atoms with van der Waals surface area (Å²) in [5.74, 6) is 1.71. The summed E-state index contributed by atoms with van der Waals surface area (Å²) < 4.78 is 8.75. The minimum Gasteiger partial charge on any atom is -0.495 e. The van der Waals surface area contributed by atoms with Crippen molar-refractivity contribution >= 4 is 28.1 Å². The van der Waals surface area contributed by atoms with E-state index in [1.807, 2.05) is 22.8 Å². The summed E-state index contributed by atoms with van der Waals surface area (Å²) in [6, 6.07) is 5.87. The Labute approximate surface area is 119 Å². The third-order valence-corrected chi connectivity index (χ3v) is 3.54. The normalized spacial score (nSPS) is 10.6. The van der Waals surface area contributed by atoms with Crippen molar-refractivity contribution in [2.45, 2.75) is 19.8 Å². The van der Waals surface area contributed by atoms with E-state index in [0.717, 1.165) is 34.6 Å². The zero-order chi connectivity index (χ0) is 13.1. The quantitative estimate of drug-likeness (QED) is 0.871. The van der Waals surface area contributed by atoms with Gasteiger partial charge in [-0.05, 0) is 46.7 Å². The second-order valence-electron chi connectivity index (χ2n) is 3.85. The second-order valence-corrected chi connectivity index (χ2v) is 5.09. The van der Waals surface area contributed by atoms with Crippen LogP contribution in [-0.2, 0) is 6.42 Å². The van der Waals surface area contributed by atoms with Crippen molar-refractivity contribution in [1.82, 2.24) is 14.8 Å². The molecule has 2 rings (SSSR count). The molecule has 18 heavy (non-hydrogen) atoms. The Morgan fingerprint density at radius 1 is 1.50 bits per heavy atom. The van der Waals surface area contributed by atoms with Gasteiger partial charge in [0.05, 0.1) is 17.3 Å². The number of aryl methyl sites for hydroxylation is 1. The third-order valence-electron chi connectivity index (χ3n) is 2.61.